The van der Waals surface area contributed by atoms with Gasteiger partial charge in [0.15, 0.2) is 11.3 Å². The van der Waals surface area contributed by atoms with Crippen LogP contribution < -0.4 is 17.0 Å². The molecule has 6 nitrogen and oxygen atoms in total. The molecule has 3 aromatic rings. The van der Waals surface area contributed by atoms with Crippen molar-refractivity contribution >= 4 is 27.0 Å². The predicted molar refractivity (Wildman–Crippen MR) is 98.2 cm³/mol. The van der Waals surface area contributed by atoms with E-state index >= 15 is 0 Å². The molecule has 0 saturated carbocycles. The molecule has 0 aliphatic carbocycles. The van der Waals surface area contributed by atoms with Crippen LogP contribution in [0.15, 0.2) is 26.2 Å². The number of hydrogen-bond donors (Lipinski definition) is 1. The zero-order valence-electron chi connectivity index (χ0n) is 14.9. The van der Waals surface area contributed by atoms with E-state index in [9.17, 15) is 31.5 Å². The molecule has 0 atom stereocenters. The molecule has 0 spiro atoms. The Morgan fingerprint density at radius 3 is 2.31 bits per heavy atom. The van der Waals surface area contributed by atoms with Crippen LogP contribution in [0.5, 0.6) is 0 Å². The molecule has 0 unspecified atom stereocenters. The highest BCUT2D eigenvalue weighted by Crippen LogP contribution is 2.41. The van der Waals surface area contributed by atoms with E-state index in [1.807, 2.05) is 0 Å². The van der Waals surface area contributed by atoms with Gasteiger partial charge >= 0.3 is 11.9 Å². The van der Waals surface area contributed by atoms with Gasteiger partial charge in [0.2, 0.25) is 0 Å². The Morgan fingerprint density at radius 1 is 1.14 bits per heavy atom. The molecule has 12 heteroatoms. The van der Waals surface area contributed by atoms with Crippen molar-refractivity contribution in [3.8, 4) is 11.1 Å². The highest BCUT2D eigenvalue weighted by Gasteiger charge is 2.38. The molecule has 0 amide bonds. The van der Waals surface area contributed by atoms with Gasteiger partial charge in [0.25, 0.3) is 5.56 Å². The van der Waals surface area contributed by atoms with E-state index in [-0.39, 0.29) is 10.0 Å². The Balaban J connectivity index is 2.75. The van der Waals surface area contributed by atoms with Gasteiger partial charge in [-0.1, -0.05) is 0 Å². The smallest absolute Gasteiger partial charge is 0.326 e. The molecule has 2 aromatic heterocycles. The van der Waals surface area contributed by atoms with Gasteiger partial charge in [0, 0.05) is 43.4 Å². The molecule has 154 valence electrons. The highest BCUT2D eigenvalue weighted by atomic mass is 79.9. The maximum Gasteiger partial charge on any atom is 0.433 e. The van der Waals surface area contributed by atoms with Crippen LogP contribution in [0.25, 0.3) is 22.2 Å². The molecule has 0 fully saturated rings. The van der Waals surface area contributed by atoms with Gasteiger partial charge in [-0.15, -0.1) is 0 Å². The Bertz CT molecular complexity index is 1280. The van der Waals surface area contributed by atoms with E-state index < -0.39 is 63.5 Å². The third kappa shape index (κ3) is 3.25. The van der Waals surface area contributed by atoms with E-state index in [4.69, 9.17) is 5.73 Å². The first kappa shape index (κ1) is 21.1. The average Bonchev–Trinajstić information content (AvgIpc) is 2.65. The monoisotopic (exact) mass is 478 g/mol. The van der Waals surface area contributed by atoms with Gasteiger partial charge in [-0.25, -0.2) is 18.6 Å². The first-order valence-electron chi connectivity index (χ1n) is 7.94. The van der Waals surface area contributed by atoms with Gasteiger partial charge in [-0.05, 0) is 22.0 Å². The van der Waals surface area contributed by atoms with E-state index in [0.717, 1.165) is 24.7 Å². The SMILES string of the molecule is Cn1c(=O)c2c(-c3cc(F)cc(F)c3Br)c(CN)c(C(F)(F)F)nc2n(C)c1=O. The fraction of sp³-hybridized carbons (Fsp3) is 0.235. The Labute approximate surface area is 167 Å². The van der Waals surface area contributed by atoms with Crippen molar-refractivity contribution in [2.45, 2.75) is 12.7 Å². The summed E-state index contributed by atoms with van der Waals surface area (Å²) in [5.41, 5.74) is 0.146. The number of rotatable bonds is 2. The van der Waals surface area contributed by atoms with Gasteiger partial charge in [-0.2, -0.15) is 13.2 Å². The third-order valence-electron chi connectivity index (χ3n) is 4.42. The van der Waals surface area contributed by atoms with Gasteiger partial charge < -0.3 is 5.73 Å². The van der Waals surface area contributed by atoms with Crippen LogP contribution in [0, 0.1) is 11.6 Å². The number of alkyl halides is 3. The van der Waals surface area contributed by atoms with Crippen molar-refractivity contribution in [3.63, 3.8) is 0 Å². The summed E-state index contributed by atoms with van der Waals surface area (Å²) in [6, 6.07) is 1.30. The zero-order valence-corrected chi connectivity index (χ0v) is 16.5. The third-order valence-corrected chi connectivity index (χ3v) is 5.23. The zero-order chi connectivity index (χ0) is 21.8. The average molecular weight is 479 g/mol. The van der Waals surface area contributed by atoms with Crippen molar-refractivity contribution < 1.29 is 22.0 Å². The number of halogens is 6. The number of aromatic nitrogens is 3. The standard InChI is InChI=1S/C17H12BrF5N4O2/c1-26-14-11(15(28)27(2)16(26)29)10(7-3-6(19)4-9(20)12(7)18)8(5-24)13(25-14)17(21,22)23/h3-4H,5,24H2,1-2H3. The lowest BCUT2D eigenvalue weighted by atomic mass is 9.95. The van der Waals surface area contributed by atoms with Crippen LogP contribution in [0.3, 0.4) is 0 Å². The minimum absolute atomic E-state index is 0.364. The fourth-order valence-electron chi connectivity index (χ4n) is 3.09. The van der Waals surface area contributed by atoms with Crippen LogP contribution in [-0.4, -0.2) is 14.1 Å². The number of nitrogens with zero attached hydrogens (tertiary/aromatic N) is 3. The largest absolute Gasteiger partial charge is 0.433 e. The summed E-state index contributed by atoms with van der Waals surface area (Å²) in [7, 11) is 2.25. The molecule has 0 bridgehead atoms. The minimum Gasteiger partial charge on any atom is -0.326 e. The summed E-state index contributed by atoms with van der Waals surface area (Å²) in [6.45, 7) is -0.732. The number of fused-ring (bicyclic) bond motifs is 1. The molecular formula is C17H12BrF5N4O2. The van der Waals surface area contributed by atoms with Crippen LogP contribution in [-0.2, 0) is 26.8 Å². The lowest BCUT2D eigenvalue weighted by Crippen LogP contribution is -2.38. The molecule has 0 saturated heterocycles. The molecule has 1 aromatic carbocycles. The summed E-state index contributed by atoms with van der Waals surface area (Å²) in [4.78, 5) is 28.5. The molecule has 0 aliphatic heterocycles. The second-order valence-corrected chi connectivity index (χ2v) is 6.96. The Morgan fingerprint density at radius 2 is 1.76 bits per heavy atom. The van der Waals surface area contributed by atoms with E-state index in [2.05, 4.69) is 20.9 Å². The lowest BCUT2D eigenvalue weighted by molar-refractivity contribution is -0.141. The Kier molecular flexibility index (Phi) is 5.11. The minimum atomic E-state index is -5.01. The first-order valence-corrected chi connectivity index (χ1v) is 8.74. The molecule has 2 N–H and O–H groups in total. The molecule has 0 radical (unpaired) electrons. The summed E-state index contributed by atoms with van der Waals surface area (Å²) in [5, 5.41) is -0.422. The van der Waals surface area contributed by atoms with Crippen molar-refractivity contribution in [3.05, 3.63) is 60.3 Å². The lowest BCUT2D eigenvalue weighted by Gasteiger charge is -2.20. The van der Waals surface area contributed by atoms with E-state index in [1.54, 1.807) is 0 Å². The number of nitrogens with two attached hydrogens (primary N) is 1. The van der Waals surface area contributed by atoms with Crippen LogP contribution in [0.4, 0.5) is 22.0 Å². The summed E-state index contributed by atoms with van der Waals surface area (Å²) < 4.78 is 70.1. The number of hydrogen-bond acceptors (Lipinski definition) is 4. The van der Waals surface area contributed by atoms with Crippen molar-refractivity contribution in [1.29, 1.82) is 0 Å². The number of benzene rings is 1. The van der Waals surface area contributed by atoms with Crippen molar-refractivity contribution in [2.24, 2.45) is 19.8 Å². The number of pyridine rings is 1. The molecule has 2 heterocycles. The van der Waals surface area contributed by atoms with Gasteiger partial charge in [0.05, 0.1) is 9.86 Å². The fourth-order valence-corrected chi connectivity index (χ4v) is 3.52. The topological polar surface area (TPSA) is 82.9 Å². The summed E-state index contributed by atoms with van der Waals surface area (Å²) in [5.74, 6) is -2.17. The van der Waals surface area contributed by atoms with Gasteiger partial charge in [0.1, 0.15) is 11.6 Å². The quantitative estimate of drug-likeness (QED) is 0.453. The van der Waals surface area contributed by atoms with Crippen LogP contribution in [0.1, 0.15) is 11.3 Å². The predicted octanol–water partition coefficient (Wildman–Crippen LogP) is 2.82. The second kappa shape index (κ2) is 7.02. The second-order valence-electron chi connectivity index (χ2n) is 6.17. The molecule has 3 rings (SSSR count). The summed E-state index contributed by atoms with van der Waals surface area (Å²) in [6.07, 6.45) is -5.01. The first-order chi connectivity index (χ1) is 13.4. The van der Waals surface area contributed by atoms with Crippen molar-refractivity contribution in [2.75, 3.05) is 0 Å². The van der Waals surface area contributed by atoms with Gasteiger partial charge in [-0.3, -0.25) is 13.9 Å². The Hall–Kier alpha value is -2.60. The van der Waals surface area contributed by atoms with E-state index in [0.29, 0.717) is 10.6 Å². The highest BCUT2D eigenvalue weighted by molar-refractivity contribution is 9.10. The molecule has 0 aliphatic rings. The molecule has 29 heavy (non-hydrogen) atoms. The van der Waals surface area contributed by atoms with Crippen LogP contribution >= 0.6 is 15.9 Å². The van der Waals surface area contributed by atoms with E-state index in [1.165, 1.54) is 0 Å². The molecular weight excluding hydrogens is 467 g/mol. The van der Waals surface area contributed by atoms with Crippen molar-refractivity contribution in [1.82, 2.24) is 14.1 Å². The maximum absolute atomic E-state index is 14.1. The normalized spacial score (nSPS) is 12.0. The maximum atomic E-state index is 14.1. The van der Waals surface area contributed by atoms with Crippen LogP contribution in [0.2, 0.25) is 0 Å². The number of aryl methyl sites for hydroxylation is 1. The summed E-state index contributed by atoms with van der Waals surface area (Å²) >= 11 is 2.89.